The maximum Gasteiger partial charge on any atom is 0.296 e. The van der Waals surface area contributed by atoms with Crippen molar-refractivity contribution in [1.82, 2.24) is 14.4 Å². The fourth-order valence-corrected chi connectivity index (χ4v) is 11.9. The Morgan fingerprint density at radius 3 is 2.04 bits per heavy atom. The van der Waals surface area contributed by atoms with Gasteiger partial charge in [0.25, 0.3) is 40.5 Å². The number of benzene rings is 5. The van der Waals surface area contributed by atoms with E-state index in [1.54, 1.807) is 50.2 Å². The monoisotopic (exact) mass is 1170 g/mol. The number of pyridine rings is 1. The molecule has 0 fully saturated rings. The smallest absolute Gasteiger partial charge is 0.296 e. The predicted molar refractivity (Wildman–Crippen MR) is 285 cm³/mol. The van der Waals surface area contributed by atoms with Gasteiger partial charge in [0.2, 0.25) is 11.0 Å². The minimum absolute atomic E-state index is 0.00502. The summed E-state index contributed by atoms with van der Waals surface area (Å²) < 4.78 is 147. The Labute approximate surface area is 447 Å². The molecule has 0 aliphatic heterocycles. The van der Waals surface area contributed by atoms with E-state index >= 15 is 0 Å². The van der Waals surface area contributed by atoms with Crippen LogP contribution in [0.5, 0.6) is 17.4 Å². The topological polar surface area (TPSA) is 384 Å². The van der Waals surface area contributed by atoms with Crippen molar-refractivity contribution in [3.63, 3.8) is 0 Å². The first-order valence-corrected chi connectivity index (χ1v) is 30.4. The van der Waals surface area contributed by atoms with Crippen molar-refractivity contribution in [3.8, 4) is 23.4 Å². The summed E-state index contributed by atoms with van der Waals surface area (Å²) in [6, 6.07) is 19.5. The van der Waals surface area contributed by atoms with E-state index in [0.29, 0.717) is 27.9 Å². The average Bonchev–Trinajstić information content (AvgIpc) is 3.98. The number of rotatable bonds is 21. The second kappa shape index (κ2) is 22.5. The van der Waals surface area contributed by atoms with Crippen LogP contribution in [0.4, 0.5) is 33.6 Å². The van der Waals surface area contributed by atoms with E-state index in [-0.39, 0.29) is 121 Å². The minimum Gasteiger partial charge on any atom is -0.493 e. The number of thiazole rings is 1. The summed E-state index contributed by atoms with van der Waals surface area (Å²) in [5.74, 6) is -1.33. The lowest BCUT2D eigenvalue weighted by molar-refractivity contribution is 0.309. The van der Waals surface area contributed by atoms with Crippen LogP contribution >= 0.6 is 23.1 Å². The number of aromatic hydroxyl groups is 1. The van der Waals surface area contributed by atoms with Gasteiger partial charge in [-0.2, -0.15) is 38.9 Å². The molecule has 402 valence electrons. The zero-order chi connectivity index (χ0) is 55.6. The van der Waals surface area contributed by atoms with Crippen LogP contribution in [0.1, 0.15) is 42.9 Å². The number of aryl methyl sites for hydroxylation is 1. The number of fused-ring (bicyclic) bond motifs is 6. The molecule has 3 heterocycles. The molecule has 77 heavy (non-hydrogen) atoms. The quantitative estimate of drug-likeness (QED) is 0.0193. The van der Waals surface area contributed by atoms with Crippen molar-refractivity contribution in [3.05, 3.63) is 89.5 Å². The Morgan fingerprint density at radius 2 is 1.38 bits per heavy atom. The van der Waals surface area contributed by atoms with E-state index in [1.807, 2.05) is 6.92 Å². The van der Waals surface area contributed by atoms with Gasteiger partial charge in [-0.05, 0) is 92.3 Å². The van der Waals surface area contributed by atoms with Gasteiger partial charge >= 0.3 is 0 Å². The lowest BCUT2D eigenvalue weighted by Crippen LogP contribution is -2.08. The lowest BCUT2D eigenvalue weighted by Gasteiger charge is -2.14. The minimum atomic E-state index is -4.87. The van der Waals surface area contributed by atoms with Gasteiger partial charge in [0.1, 0.15) is 44.9 Å². The fourth-order valence-electron chi connectivity index (χ4n) is 7.60. The van der Waals surface area contributed by atoms with E-state index in [2.05, 4.69) is 46.7 Å². The molecule has 8 aromatic rings. The molecule has 0 saturated heterocycles. The van der Waals surface area contributed by atoms with E-state index in [1.165, 1.54) is 22.6 Å². The number of thioether (sulfide) groups is 1. The lowest BCUT2D eigenvalue weighted by atomic mass is 10.1. The van der Waals surface area contributed by atoms with Crippen molar-refractivity contribution in [2.24, 2.45) is 30.7 Å². The third kappa shape index (κ3) is 13.0. The third-order valence-corrected chi connectivity index (χ3v) is 16.6. The molecule has 5 aromatic carbocycles. The second-order valence-corrected chi connectivity index (χ2v) is 24.8. The van der Waals surface area contributed by atoms with Crippen molar-refractivity contribution in [1.29, 1.82) is 5.26 Å². The molecule has 0 spiro atoms. The van der Waals surface area contributed by atoms with Crippen LogP contribution in [0.15, 0.2) is 118 Å². The highest BCUT2D eigenvalue weighted by atomic mass is 32.2. The first-order valence-electron chi connectivity index (χ1n) is 22.5. The van der Waals surface area contributed by atoms with Crippen molar-refractivity contribution in [2.45, 2.75) is 54.7 Å². The second-order valence-electron chi connectivity index (χ2n) is 16.7. The first kappa shape index (κ1) is 56.1. The number of azo groups is 3. The summed E-state index contributed by atoms with van der Waals surface area (Å²) >= 11 is 1.94. The Morgan fingerprint density at radius 1 is 0.727 bits per heavy atom. The number of aromatic nitrogens is 3. The Hall–Kier alpha value is -7.12. The van der Waals surface area contributed by atoms with Crippen molar-refractivity contribution < 1.29 is 66.5 Å². The molecule has 0 aliphatic rings. The Balaban J connectivity index is 1.20. The highest BCUT2D eigenvalue weighted by Gasteiger charge is 2.24. The summed E-state index contributed by atoms with van der Waals surface area (Å²) in [4.78, 5) is 8.12. The number of para-hydroxylation sites is 2. The zero-order valence-corrected chi connectivity index (χ0v) is 45.2. The standard InChI is InChI=1S/C46H42N10O15S6/c1-4-13-70-37-22-34(52-54-41-26(3)30(24-47)44-48-31-9-5-6-10-36(31)56(44)45(41)57)38(71-14-7-16-74(58,59)60)21-33(37)51-53-35-18-25(2)32(23-39(35)72-15-8-17-75(61,62)63)50-55-46-49-42-40(77(67,68)69)19-27-11-12-28(76(64,65)66)20-29(27)43(42)73-46/h5-6,9-12,18-23,57H,4,7-8,13-17H2,1-3H3,(H,58,59,60)(H,61,62,63)(H,64,65,66)(H,67,68,69). The van der Waals surface area contributed by atoms with Crippen LogP contribution in [0.3, 0.4) is 0 Å². The summed E-state index contributed by atoms with van der Waals surface area (Å²) in [6.07, 6.45) is 0.385. The molecule has 0 amide bonds. The van der Waals surface area contributed by atoms with Crippen LogP contribution in [0.25, 0.3) is 37.7 Å². The maximum absolute atomic E-state index is 12.5. The molecule has 0 unspecified atom stereocenters. The zero-order valence-electron chi connectivity index (χ0n) is 40.3. The van der Waals surface area contributed by atoms with Gasteiger partial charge in [0, 0.05) is 28.0 Å². The summed E-state index contributed by atoms with van der Waals surface area (Å²) in [5, 5.41) is 48.4. The van der Waals surface area contributed by atoms with Gasteiger partial charge in [-0.1, -0.05) is 36.5 Å². The predicted octanol–water partition coefficient (Wildman–Crippen LogP) is 11.0. The van der Waals surface area contributed by atoms with Crippen LogP contribution in [0, 0.1) is 25.2 Å². The van der Waals surface area contributed by atoms with Gasteiger partial charge in [-0.25, -0.2) is 9.97 Å². The van der Waals surface area contributed by atoms with Gasteiger partial charge in [-0.3, -0.25) is 22.6 Å². The van der Waals surface area contributed by atoms with Crippen LogP contribution in [0.2, 0.25) is 0 Å². The van der Waals surface area contributed by atoms with Gasteiger partial charge in [-0.15, -0.1) is 42.4 Å². The number of nitrogens with zero attached hydrogens (tertiary/aromatic N) is 10. The van der Waals surface area contributed by atoms with Crippen LogP contribution in [-0.2, 0) is 40.5 Å². The van der Waals surface area contributed by atoms with E-state index in [9.17, 15) is 62.3 Å². The SMILES string of the molecule is CCCOc1cc(N=Nc2c(C)c(C#N)c3nc4ccccc4n3c2O)c(OCCCS(=O)(=O)O)cc1N=Nc1cc(C)c(N=Nc2nc3c(S(=O)(=O)O)cc4ccc(S(=O)(=O)O)cc4c3s2)cc1SCCCS(=O)(=O)O. The van der Waals surface area contributed by atoms with Crippen molar-refractivity contribution in [2.75, 3.05) is 30.5 Å². The molecule has 0 saturated carbocycles. The number of ether oxygens (including phenoxy) is 2. The molecule has 0 aliphatic carbocycles. The number of hydrogen-bond donors (Lipinski definition) is 5. The fraction of sp³-hybridized carbons (Fsp3) is 0.239. The largest absolute Gasteiger partial charge is 0.493 e. The molecule has 5 N–H and O–H groups in total. The van der Waals surface area contributed by atoms with E-state index < -0.39 is 61.8 Å². The number of nitriles is 1. The van der Waals surface area contributed by atoms with E-state index in [0.717, 1.165) is 41.3 Å². The summed E-state index contributed by atoms with van der Waals surface area (Å²) in [6.45, 7) is 4.99. The summed E-state index contributed by atoms with van der Waals surface area (Å²) in [5.41, 5.74) is 2.24. The Kier molecular flexibility index (Phi) is 16.4. The molecule has 0 radical (unpaired) electrons. The van der Waals surface area contributed by atoms with Gasteiger partial charge in [0.15, 0.2) is 11.3 Å². The highest BCUT2D eigenvalue weighted by molar-refractivity contribution is 7.99. The molecule has 0 bridgehead atoms. The molecule has 31 heteroatoms. The molecule has 3 aromatic heterocycles. The normalized spacial score (nSPS) is 12.9. The van der Waals surface area contributed by atoms with Crippen molar-refractivity contribution >= 4 is 135 Å². The Bertz CT molecular complexity index is 4290. The molecular formula is C46H42N10O15S6. The molecule has 0 atom stereocenters. The van der Waals surface area contributed by atoms with E-state index in [4.69, 9.17) is 9.47 Å². The molecule has 8 rings (SSSR count). The average molecular weight is 1170 g/mol. The number of hydrogen-bond acceptors (Lipinski definition) is 22. The highest BCUT2D eigenvalue weighted by Crippen LogP contribution is 2.46. The van der Waals surface area contributed by atoms with Gasteiger partial charge in [0.05, 0.1) is 56.7 Å². The maximum atomic E-state index is 12.5. The third-order valence-electron chi connectivity index (χ3n) is 11.2. The van der Waals surface area contributed by atoms with Gasteiger partial charge < -0.3 is 14.6 Å². The number of imidazole rings is 1. The first-order chi connectivity index (χ1) is 36.3. The van der Waals surface area contributed by atoms with Crippen LogP contribution in [-0.4, -0.2) is 102 Å². The summed E-state index contributed by atoms with van der Waals surface area (Å²) in [7, 11) is -18.2. The molecular weight excluding hydrogens is 1120 g/mol. The van der Waals surface area contributed by atoms with Crippen LogP contribution < -0.4 is 9.47 Å². The molecule has 25 nitrogen and oxygen atoms in total.